The van der Waals surface area contributed by atoms with E-state index in [1.165, 1.54) is 0 Å². The summed E-state index contributed by atoms with van der Waals surface area (Å²) in [4.78, 5) is 5.40. The molecule has 18 heavy (non-hydrogen) atoms. The van der Waals surface area contributed by atoms with E-state index in [9.17, 15) is 0 Å². The van der Waals surface area contributed by atoms with E-state index in [-0.39, 0.29) is 6.04 Å². The second-order valence-corrected chi connectivity index (χ2v) is 5.39. The largest absolute Gasteiger partial charge is 0.319 e. The maximum absolute atomic E-state index is 6.31. The SMILES string of the molecule is NC(c1sccc1Cl)c1cccc2cccnc12. The van der Waals surface area contributed by atoms with Gasteiger partial charge in [0.1, 0.15) is 0 Å². The topological polar surface area (TPSA) is 38.9 Å². The summed E-state index contributed by atoms with van der Waals surface area (Å²) in [7, 11) is 0. The predicted molar refractivity (Wildman–Crippen MR) is 77.1 cm³/mol. The van der Waals surface area contributed by atoms with E-state index >= 15 is 0 Å². The van der Waals surface area contributed by atoms with E-state index in [0.717, 1.165) is 26.4 Å². The van der Waals surface area contributed by atoms with Gasteiger partial charge in [-0.05, 0) is 17.5 Å². The Labute approximate surface area is 114 Å². The zero-order valence-electron chi connectivity index (χ0n) is 9.51. The van der Waals surface area contributed by atoms with Crippen LogP contribution in [0.15, 0.2) is 48.0 Å². The summed E-state index contributed by atoms with van der Waals surface area (Å²) in [6.07, 6.45) is 1.79. The van der Waals surface area contributed by atoms with Gasteiger partial charge in [-0.25, -0.2) is 0 Å². The van der Waals surface area contributed by atoms with Gasteiger partial charge in [-0.15, -0.1) is 11.3 Å². The Hall–Kier alpha value is -1.42. The van der Waals surface area contributed by atoms with Crippen LogP contribution in [0.5, 0.6) is 0 Å². The Kier molecular flexibility index (Phi) is 3.04. The molecule has 0 aliphatic carbocycles. The van der Waals surface area contributed by atoms with Gasteiger partial charge < -0.3 is 5.73 Å². The van der Waals surface area contributed by atoms with Crippen molar-refractivity contribution in [2.24, 2.45) is 5.73 Å². The highest BCUT2D eigenvalue weighted by atomic mass is 35.5. The summed E-state index contributed by atoms with van der Waals surface area (Å²) < 4.78 is 0. The average Bonchev–Trinajstić information content (AvgIpc) is 2.83. The number of rotatable bonds is 2. The molecule has 0 spiro atoms. The van der Waals surface area contributed by atoms with E-state index < -0.39 is 0 Å². The van der Waals surface area contributed by atoms with Crippen molar-refractivity contribution in [1.82, 2.24) is 4.98 Å². The molecule has 90 valence electrons. The van der Waals surface area contributed by atoms with Gasteiger partial charge in [-0.1, -0.05) is 35.9 Å². The first-order valence-electron chi connectivity index (χ1n) is 5.59. The lowest BCUT2D eigenvalue weighted by Crippen LogP contribution is -2.11. The van der Waals surface area contributed by atoms with Gasteiger partial charge in [0.25, 0.3) is 0 Å². The number of para-hydroxylation sites is 1. The first-order valence-corrected chi connectivity index (χ1v) is 6.85. The highest BCUT2D eigenvalue weighted by Gasteiger charge is 2.16. The fourth-order valence-electron chi connectivity index (χ4n) is 2.05. The predicted octanol–water partition coefficient (Wildman–Crippen LogP) is 4.00. The normalized spacial score (nSPS) is 12.8. The number of aromatic nitrogens is 1. The number of fused-ring (bicyclic) bond motifs is 1. The minimum Gasteiger partial charge on any atom is -0.319 e. The average molecular weight is 275 g/mol. The Morgan fingerprint density at radius 2 is 2.00 bits per heavy atom. The fourth-order valence-corrected chi connectivity index (χ4v) is 3.24. The fraction of sp³-hybridized carbons (Fsp3) is 0.0714. The van der Waals surface area contributed by atoms with Crippen LogP contribution >= 0.6 is 22.9 Å². The molecule has 4 heteroatoms. The molecule has 0 saturated carbocycles. The number of pyridine rings is 1. The molecule has 0 fully saturated rings. The number of thiophene rings is 1. The van der Waals surface area contributed by atoms with Crippen LogP contribution in [-0.2, 0) is 0 Å². The zero-order valence-corrected chi connectivity index (χ0v) is 11.1. The lowest BCUT2D eigenvalue weighted by molar-refractivity contribution is 0.900. The van der Waals surface area contributed by atoms with E-state index in [1.54, 1.807) is 17.5 Å². The Morgan fingerprint density at radius 1 is 1.17 bits per heavy atom. The van der Waals surface area contributed by atoms with Crippen LogP contribution in [0.25, 0.3) is 10.9 Å². The van der Waals surface area contributed by atoms with Crippen molar-refractivity contribution in [3.05, 3.63) is 63.4 Å². The van der Waals surface area contributed by atoms with Crippen molar-refractivity contribution < 1.29 is 0 Å². The van der Waals surface area contributed by atoms with Gasteiger partial charge in [0.2, 0.25) is 0 Å². The highest BCUT2D eigenvalue weighted by Crippen LogP contribution is 2.33. The molecular weight excluding hydrogens is 264 g/mol. The van der Waals surface area contributed by atoms with Crippen molar-refractivity contribution in [1.29, 1.82) is 0 Å². The first-order chi connectivity index (χ1) is 8.77. The zero-order chi connectivity index (χ0) is 12.5. The van der Waals surface area contributed by atoms with Crippen molar-refractivity contribution >= 4 is 33.8 Å². The standard InChI is InChI=1S/C14H11ClN2S/c15-11-6-8-18-14(11)12(16)10-5-1-3-9-4-2-7-17-13(9)10/h1-8,12H,16H2. The van der Waals surface area contributed by atoms with E-state index in [0.29, 0.717) is 0 Å². The van der Waals surface area contributed by atoms with Crippen LogP contribution in [0.4, 0.5) is 0 Å². The Bertz CT molecular complexity index is 688. The summed E-state index contributed by atoms with van der Waals surface area (Å²) >= 11 is 7.72. The molecule has 1 unspecified atom stereocenters. The third-order valence-electron chi connectivity index (χ3n) is 2.93. The molecule has 0 amide bonds. The number of hydrogen-bond donors (Lipinski definition) is 1. The highest BCUT2D eigenvalue weighted by molar-refractivity contribution is 7.10. The molecule has 2 nitrogen and oxygen atoms in total. The molecule has 2 N–H and O–H groups in total. The summed E-state index contributed by atoms with van der Waals surface area (Å²) in [6, 6.07) is 11.7. The molecule has 0 bridgehead atoms. The van der Waals surface area contributed by atoms with Crippen LogP contribution in [-0.4, -0.2) is 4.98 Å². The summed E-state index contributed by atoms with van der Waals surface area (Å²) in [5.74, 6) is 0. The summed E-state index contributed by atoms with van der Waals surface area (Å²) in [6.45, 7) is 0. The van der Waals surface area contributed by atoms with Crippen molar-refractivity contribution in [3.63, 3.8) is 0 Å². The van der Waals surface area contributed by atoms with Crippen molar-refractivity contribution in [2.75, 3.05) is 0 Å². The lowest BCUT2D eigenvalue weighted by Gasteiger charge is -2.13. The molecule has 0 aliphatic heterocycles. The number of halogens is 1. The molecule has 0 radical (unpaired) electrons. The molecule has 0 saturated heterocycles. The quantitative estimate of drug-likeness (QED) is 0.767. The summed E-state index contributed by atoms with van der Waals surface area (Å²) in [5, 5.41) is 3.77. The minimum atomic E-state index is -0.226. The molecule has 0 aliphatic rings. The van der Waals surface area contributed by atoms with Crippen LogP contribution < -0.4 is 5.73 Å². The third-order valence-corrected chi connectivity index (χ3v) is 4.37. The van der Waals surface area contributed by atoms with Gasteiger partial charge in [-0.2, -0.15) is 0 Å². The van der Waals surface area contributed by atoms with Crippen LogP contribution in [0.2, 0.25) is 5.02 Å². The van der Waals surface area contributed by atoms with Gasteiger partial charge >= 0.3 is 0 Å². The van der Waals surface area contributed by atoms with E-state index in [1.807, 2.05) is 41.8 Å². The molecule has 1 aromatic carbocycles. The maximum Gasteiger partial charge on any atom is 0.0753 e. The molecule has 2 aromatic heterocycles. The van der Waals surface area contributed by atoms with Crippen LogP contribution in [0, 0.1) is 0 Å². The smallest absolute Gasteiger partial charge is 0.0753 e. The molecule has 2 heterocycles. The second kappa shape index (κ2) is 4.69. The first kappa shape index (κ1) is 11.7. The van der Waals surface area contributed by atoms with E-state index in [4.69, 9.17) is 17.3 Å². The van der Waals surface area contributed by atoms with E-state index in [2.05, 4.69) is 4.98 Å². The van der Waals surface area contributed by atoms with Gasteiger partial charge in [0.05, 0.1) is 16.6 Å². The number of benzene rings is 1. The molecule has 1 atom stereocenters. The van der Waals surface area contributed by atoms with Crippen LogP contribution in [0.1, 0.15) is 16.5 Å². The number of nitrogens with zero attached hydrogens (tertiary/aromatic N) is 1. The maximum atomic E-state index is 6.31. The van der Waals surface area contributed by atoms with Crippen LogP contribution in [0.3, 0.4) is 0 Å². The van der Waals surface area contributed by atoms with Gasteiger partial charge in [0, 0.05) is 22.0 Å². The Morgan fingerprint density at radius 3 is 2.78 bits per heavy atom. The third kappa shape index (κ3) is 1.90. The minimum absolute atomic E-state index is 0.226. The molecule has 3 rings (SSSR count). The van der Waals surface area contributed by atoms with Gasteiger partial charge in [0.15, 0.2) is 0 Å². The Balaban J connectivity index is 2.18. The van der Waals surface area contributed by atoms with Crippen molar-refractivity contribution in [3.8, 4) is 0 Å². The monoisotopic (exact) mass is 274 g/mol. The molecular formula is C14H11ClN2S. The number of hydrogen-bond acceptors (Lipinski definition) is 3. The second-order valence-electron chi connectivity index (χ2n) is 4.03. The van der Waals surface area contributed by atoms with Crippen molar-refractivity contribution in [2.45, 2.75) is 6.04 Å². The number of nitrogens with two attached hydrogens (primary N) is 1. The summed E-state index contributed by atoms with van der Waals surface area (Å²) in [5.41, 5.74) is 8.27. The van der Waals surface area contributed by atoms with Gasteiger partial charge in [-0.3, -0.25) is 4.98 Å². The lowest BCUT2D eigenvalue weighted by atomic mass is 10.0. The molecule has 3 aromatic rings.